The highest BCUT2D eigenvalue weighted by Gasteiger charge is 2.15. The summed E-state index contributed by atoms with van der Waals surface area (Å²) in [5.41, 5.74) is 3.12. The Kier molecular flexibility index (Phi) is 5.68. The number of nitrogens with zero attached hydrogens (tertiary/aromatic N) is 3. The number of thioether (sulfide) groups is 1. The van der Waals surface area contributed by atoms with Gasteiger partial charge >= 0.3 is 0 Å². The van der Waals surface area contributed by atoms with Gasteiger partial charge in [0.25, 0.3) is 0 Å². The molecule has 0 aliphatic heterocycles. The Hall–Kier alpha value is -2.67. The molecular weight excluding hydrogens is 348 g/mol. The minimum absolute atomic E-state index is 0.561. The van der Waals surface area contributed by atoms with E-state index in [2.05, 4.69) is 29.3 Å². The molecule has 0 aliphatic rings. The lowest BCUT2D eigenvalue weighted by molar-refractivity contribution is 0.341. The molecule has 0 saturated heterocycles. The zero-order valence-electron chi connectivity index (χ0n) is 15.1. The Balaban J connectivity index is 1.63. The lowest BCUT2D eigenvalue weighted by atomic mass is 10.1. The summed E-state index contributed by atoms with van der Waals surface area (Å²) >= 11 is 1.50. The van der Waals surface area contributed by atoms with E-state index in [1.54, 1.807) is 7.11 Å². The number of nitrogen functional groups attached to an aromatic ring is 1. The molecule has 136 valence electrons. The summed E-state index contributed by atoms with van der Waals surface area (Å²) < 4.78 is 12.7. The Bertz CT molecular complexity index is 895. The highest BCUT2D eigenvalue weighted by atomic mass is 32.2. The highest BCUT2D eigenvalue weighted by Crippen LogP contribution is 2.29. The molecule has 1 aromatic heterocycles. The predicted molar refractivity (Wildman–Crippen MR) is 104 cm³/mol. The van der Waals surface area contributed by atoms with E-state index in [-0.39, 0.29) is 0 Å². The molecule has 3 aromatic rings. The van der Waals surface area contributed by atoms with Gasteiger partial charge in [-0.05, 0) is 43.2 Å². The second-order valence-electron chi connectivity index (χ2n) is 5.84. The van der Waals surface area contributed by atoms with E-state index in [1.807, 2.05) is 37.3 Å². The van der Waals surface area contributed by atoms with Crippen molar-refractivity contribution in [1.29, 1.82) is 0 Å². The molecule has 0 aliphatic carbocycles. The van der Waals surface area contributed by atoms with Gasteiger partial charge in [-0.3, -0.25) is 0 Å². The summed E-state index contributed by atoms with van der Waals surface area (Å²) in [6, 6.07) is 13.8. The molecule has 0 bridgehead atoms. The molecular formula is C19H22N4O2S. The van der Waals surface area contributed by atoms with Crippen LogP contribution in [0.5, 0.6) is 11.5 Å². The minimum atomic E-state index is 0.561. The van der Waals surface area contributed by atoms with Crippen LogP contribution in [0.2, 0.25) is 0 Å². The molecule has 26 heavy (non-hydrogen) atoms. The van der Waals surface area contributed by atoms with Gasteiger partial charge in [-0.1, -0.05) is 36.0 Å². The third-order valence-corrected chi connectivity index (χ3v) is 4.84. The Morgan fingerprint density at radius 3 is 2.69 bits per heavy atom. The van der Waals surface area contributed by atoms with E-state index in [1.165, 1.54) is 22.0 Å². The molecule has 7 heteroatoms. The van der Waals surface area contributed by atoms with E-state index in [9.17, 15) is 0 Å². The molecule has 2 aromatic carbocycles. The van der Waals surface area contributed by atoms with Crippen LogP contribution in [0.4, 0.5) is 0 Å². The number of hydrogen-bond acceptors (Lipinski definition) is 6. The molecule has 0 radical (unpaired) electrons. The monoisotopic (exact) mass is 370 g/mol. The van der Waals surface area contributed by atoms with Crippen molar-refractivity contribution >= 4 is 11.8 Å². The van der Waals surface area contributed by atoms with Crippen molar-refractivity contribution in [2.75, 3.05) is 25.3 Å². The maximum absolute atomic E-state index is 6.17. The topological polar surface area (TPSA) is 75.2 Å². The van der Waals surface area contributed by atoms with Crippen LogP contribution in [0.1, 0.15) is 11.1 Å². The maximum atomic E-state index is 6.17. The number of benzene rings is 2. The van der Waals surface area contributed by atoms with E-state index in [0.717, 1.165) is 16.9 Å². The van der Waals surface area contributed by atoms with E-state index >= 15 is 0 Å². The first-order valence-corrected chi connectivity index (χ1v) is 9.25. The fourth-order valence-electron chi connectivity index (χ4n) is 2.54. The first-order valence-electron chi connectivity index (χ1n) is 8.27. The van der Waals surface area contributed by atoms with Gasteiger partial charge in [0, 0.05) is 5.75 Å². The number of aromatic nitrogens is 3. The van der Waals surface area contributed by atoms with Crippen LogP contribution in [0.15, 0.2) is 47.6 Å². The molecule has 1 heterocycles. The molecule has 0 spiro atoms. The third kappa shape index (κ3) is 3.94. The number of aryl methyl sites for hydroxylation is 2. The minimum Gasteiger partial charge on any atom is -0.496 e. The van der Waals surface area contributed by atoms with Crippen LogP contribution in [0.25, 0.3) is 11.4 Å². The maximum Gasteiger partial charge on any atom is 0.210 e. The van der Waals surface area contributed by atoms with Crippen LogP contribution < -0.4 is 15.3 Å². The quantitative estimate of drug-likeness (QED) is 0.390. The Morgan fingerprint density at radius 1 is 1.08 bits per heavy atom. The zero-order valence-corrected chi connectivity index (χ0v) is 15.9. The van der Waals surface area contributed by atoms with Crippen LogP contribution in [-0.4, -0.2) is 34.3 Å². The van der Waals surface area contributed by atoms with Crippen LogP contribution in [-0.2, 0) is 0 Å². The molecule has 6 nitrogen and oxygen atoms in total. The average Bonchev–Trinajstić information content (AvgIpc) is 3.02. The molecule has 0 unspecified atom stereocenters. The summed E-state index contributed by atoms with van der Waals surface area (Å²) in [7, 11) is 1.62. The smallest absolute Gasteiger partial charge is 0.210 e. The van der Waals surface area contributed by atoms with Crippen molar-refractivity contribution in [3.05, 3.63) is 53.6 Å². The summed E-state index contributed by atoms with van der Waals surface area (Å²) in [6.07, 6.45) is 0. The van der Waals surface area contributed by atoms with Gasteiger partial charge < -0.3 is 15.3 Å². The first kappa shape index (κ1) is 18.1. The lowest BCUT2D eigenvalue weighted by Crippen LogP contribution is -2.12. The van der Waals surface area contributed by atoms with Crippen molar-refractivity contribution in [3.63, 3.8) is 0 Å². The molecule has 0 atom stereocenters. The zero-order chi connectivity index (χ0) is 18.5. The second-order valence-corrected chi connectivity index (χ2v) is 6.90. The molecule has 0 amide bonds. The van der Waals surface area contributed by atoms with E-state index < -0.39 is 0 Å². The summed E-state index contributed by atoms with van der Waals surface area (Å²) in [5.74, 6) is 9.08. The Labute approximate surface area is 157 Å². The third-order valence-electron chi connectivity index (χ3n) is 3.93. The van der Waals surface area contributed by atoms with Crippen molar-refractivity contribution in [1.82, 2.24) is 14.9 Å². The SMILES string of the molecule is COc1ccccc1-c1nnc(SCCOc2cc(C)ccc2C)n1N. The fraction of sp³-hybridized carbons (Fsp3) is 0.263. The first-order chi connectivity index (χ1) is 12.6. The standard InChI is InChI=1S/C19H22N4O2S/c1-13-8-9-14(2)17(12-13)25-10-11-26-19-22-21-18(23(19)20)15-6-4-5-7-16(15)24-3/h4-9,12H,10-11,20H2,1-3H3. The lowest BCUT2D eigenvalue weighted by Gasteiger charge is -2.10. The summed E-state index contributed by atoms with van der Waals surface area (Å²) in [5, 5.41) is 9.02. The number of para-hydroxylation sites is 1. The normalized spacial score (nSPS) is 10.7. The van der Waals surface area contributed by atoms with E-state index in [4.69, 9.17) is 15.3 Å². The van der Waals surface area contributed by atoms with Gasteiger partial charge in [-0.25, -0.2) is 4.68 Å². The fourth-order valence-corrected chi connectivity index (χ4v) is 3.21. The van der Waals surface area contributed by atoms with Gasteiger partial charge in [0.2, 0.25) is 5.16 Å². The van der Waals surface area contributed by atoms with E-state index in [0.29, 0.717) is 29.1 Å². The highest BCUT2D eigenvalue weighted by molar-refractivity contribution is 7.99. The average molecular weight is 370 g/mol. The second kappa shape index (κ2) is 8.14. The van der Waals surface area contributed by atoms with Crippen LogP contribution >= 0.6 is 11.8 Å². The van der Waals surface area contributed by atoms with Gasteiger partial charge in [0.1, 0.15) is 11.5 Å². The van der Waals surface area contributed by atoms with Gasteiger partial charge in [0.05, 0.1) is 19.3 Å². The number of nitrogens with two attached hydrogens (primary N) is 1. The van der Waals surface area contributed by atoms with Gasteiger partial charge in [-0.2, -0.15) is 0 Å². The van der Waals surface area contributed by atoms with Crippen molar-refractivity contribution in [2.24, 2.45) is 0 Å². The largest absolute Gasteiger partial charge is 0.496 e. The number of rotatable bonds is 7. The molecule has 3 rings (SSSR count). The predicted octanol–water partition coefficient (Wildman–Crippen LogP) is 3.46. The van der Waals surface area contributed by atoms with Gasteiger partial charge in [0.15, 0.2) is 5.82 Å². The number of methoxy groups -OCH3 is 1. The molecule has 0 fully saturated rings. The van der Waals surface area contributed by atoms with Crippen LogP contribution in [0.3, 0.4) is 0 Å². The Morgan fingerprint density at radius 2 is 1.88 bits per heavy atom. The molecule has 0 saturated carbocycles. The van der Waals surface area contributed by atoms with Gasteiger partial charge in [-0.15, -0.1) is 10.2 Å². The number of ether oxygens (including phenoxy) is 2. The summed E-state index contributed by atoms with van der Waals surface area (Å²) in [4.78, 5) is 0. The molecule has 2 N–H and O–H groups in total. The van der Waals surface area contributed by atoms with Crippen molar-refractivity contribution in [3.8, 4) is 22.9 Å². The summed E-state index contributed by atoms with van der Waals surface area (Å²) in [6.45, 7) is 4.65. The number of hydrogen-bond donors (Lipinski definition) is 1. The van der Waals surface area contributed by atoms with Crippen molar-refractivity contribution in [2.45, 2.75) is 19.0 Å². The van der Waals surface area contributed by atoms with Crippen LogP contribution in [0, 0.1) is 13.8 Å². The van der Waals surface area contributed by atoms with Crippen molar-refractivity contribution < 1.29 is 9.47 Å².